The van der Waals surface area contributed by atoms with Crippen LogP contribution in [0, 0.1) is 40.9 Å². The molecule has 0 aromatic carbocycles. The van der Waals surface area contributed by atoms with Gasteiger partial charge in [0.1, 0.15) is 18.2 Å². The number of unbranched alkanes of at least 4 members (excludes halogenated alkanes) is 10. The van der Waals surface area contributed by atoms with Crippen LogP contribution in [-0.4, -0.2) is 230 Å². The minimum Gasteiger partial charge on any atom is -0.481 e. The van der Waals surface area contributed by atoms with Gasteiger partial charge in [-0.15, -0.1) is 0 Å². The molecule has 31 heteroatoms. The summed E-state index contributed by atoms with van der Waals surface area (Å²) in [5.41, 5.74) is -1.10. The highest BCUT2D eigenvalue weighted by molar-refractivity contribution is 5.80. The predicted molar refractivity (Wildman–Crippen MR) is 431 cm³/mol. The highest BCUT2D eigenvalue weighted by Gasteiger charge is 2.45. The summed E-state index contributed by atoms with van der Waals surface area (Å²) in [5, 5.41) is 32.4. The summed E-state index contributed by atoms with van der Waals surface area (Å²) in [5.74, 6) is -2.09. The van der Waals surface area contributed by atoms with E-state index in [2.05, 4.69) is 84.1 Å². The summed E-state index contributed by atoms with van der Waals surface area (Å²) in [6.45, 7) is 24.8. The van der Waals surface area contributed by atoms with Crippen LogP contribution in [0.25, 0.3) is 0 Å². The van der Waals surface area contributed by atoms with E-state index in [4.69, 9.17) is 52.5 Å². The van der Waals surface area contributed by atoms with E-state index in [0.29, 0.717) is 129 Å². The van der Waals surface area contributed by atoms with E-state index in [1.54, 1.807) is 0 Å². The zero-order valence-electron chi connectivity index (χ0n) is 71.7. The highest BCUT2D eigenvalue weighted by atomic mass is 16.7. The van der Waals surface area contributed by atoms with Crippen molar-refractivity contribution in [2.24, 2.45) is 40.9 Å². The first kappa shape index (κ1) is 103. The maximum atomic E-state index is 14.0. The topological polar surface area (TPSA) is 414 Å². The number of ether oxygens (including phenoxy) is 10. The number of Topliss-reactive ketones (excluding diaryl/α,β-unsaturated/α-hetero) is 2. The van der Waals surface area contributed by atoms with Crippen molar-refractivity contribution in [1.82, 2.24) is 42.5 Å². The molecule has 3 saturated heterocycles. The maximum absolute atomic E-state index is 14.0. The molecule has 0 aliphatic carbocycles. The van der Waals surface area contributed by atoms with Crippen molar-refractivity contribution in [2.45, 2.75) is 325 Å². The average molecular weight is 1640 g/mol. The van der Waals surface area contributed by atoms with Crippen LogP contribution in [0.3, 0.4) is 0 Å². The van der Waals surface area contributed by atoms with E-state index in [0.717, 1.165) is 44.9 Å². The van der Waals surface area contributed by atoms with E-state index in [9.17, 15) is 57.5 Å². The Morgan fingerprint density at radius 2 is 0.652 bits per heavy atom. The second-order valence-electron chi connectivity index (χ2n) is 32.0. The third-order valence-corrected chi connectivity index (χ3v) is 22.2. The van der Waals surface area contributed by atoms with Crippen LogP contribution in [0.15, 0.2) is 0 Å². The molecular weight excluding hydrogens is 1490 g/mol. The Bertz CT molecular complexity index is 2750. The number of hydrogen-bond acceptors (Lipinski definition) is 22. The molecule has 3 fully saturated rings. The second kappa shape index (κ2) is 60.2. The molecule has 9 N–H and O–H groups in total. The molecule has 662 valence electrons. The third-order valence-electron chi connectivity index (χ3n) is 22.2. The summed E-state index contributed by atoms with van der Waals surface area (Å²) in [6, 6.07) is -0.968. The molecule has 0 aromatic heterocycles. The van der Waals surface area contributed by atoms with Crippen LogP contribution < -0.4 is 42.5 Å². The average Bonchev–Trinajstić information content (AvgIpc) is 0.817. The molecule has 3 heterocycles. The van der Waals surface area contributed by atoms with Crippen LogP contribution in [-0.2, 0) is 105 Å². The molecule has 0 aromatic rings. The van der Waals surface area contributed by atoms with E-state index in [1.165, 1.54) is 27.7 Å². The lowest BCUT2D eigenvalue weighted by Gasteiger charge is -2.44. The van der Waals surface area contributed by atoms with E-state index in [-0.39, 0.29) is 229 Å². The Balaban J connectivity index is 1.55. The smallest absolute Gasteiger partial charge is 0.303 e. The lowest BCUT2D eigenvalue weighted by molar-refractivity contribution is -0.244. The number of ketones is 2. The number of carbonyl (C=O) groups is 12. The molecule has 0 radical (unpaired) electrons. The van der Waals surface area contributed by atoms with Crippen molar-refractivity contribution in [3.63, 3.8) is 0 Å². The van der Waals surface area contributed by atoms with Crippen LogP contribution in [0.1, 0.15) is 269 Å². The maximum Gasteiger partial charge on any atom is 0.303 e. The summed E-state index contributed by atoms with van der Waals surface area (Å²) in [4.78, 5) is 150. The van der Waals surface area contributed by atoms with Crippen molar-refractivity contribution >= 4 is 70.8 Å². The van der Waals surface area contributed by atoms with Crippen molar-refractivity contribution < 1.29 is 110 Å². The fourth-order valence-electron chi connectivity index (χ4n) is 14.7. The highest BCUT2D eigenvalue weighted by Crippen LogP contribution is 2.36. The van der Waals surface area contributed by atoms with Gasteiger partial charge in [-0.25, -0.2) is 0 Å². The van der Waals surface area contributed by atoms with Gasteiger partial charge in [-0.05, 0) is 125 Å². The largest absolute Gasteiger partial charge is 0.481 e. The number of amides is 8. The Hall–Kier alpha value is -6.32. The van der Waals surface area contributed by atoms with Crippen molar-refractivity contribution in [1.29, 1.82) is 0 Å². The number of hydrogen-bond donors (Lipinski definition) is 9. The summed E-state index contributed by atoms with van der Waals surface area (Å²) >= 11 is 0. The number of carbonyl (C=O) groups excluding carboxylic acids is 11. The van der Waals surface area contributed by atoms with Gasteiger partial charge in [0.25, 0.3) is 0 Å². The first-order chi connectivity index (χ1) is 55.0. The second-order valence-corrected chi connectivity index (χ2v) is 32.0. The molecule has 0 spiro atoms. The molecule has 0 saturated carbocycles. The van der Waals surface area contributed by atoms with Crippen LogP contribution >= 0.6 is 0 Å². The van der Waals surface area contributed by atoms with E-state index in [1.807, 2.05) is 13.8 Å². The molecule has 115 heavy (non-hydrogen) atoms. The molecule has 3 rings (SSSR count). The normalized spacial score (nSPS) is 23.8. The molecule has 0 bridgehead atoms. The van der Waals surface area contributed by atoms with Gasteiger partial charge < -0.3 is 95.0 Å². The molecule has 7 unspecified atom stereocenters. The first-order valence-electron chi connectivity index (χ1n) is 43.1. The molecule has 3 aliphatic heterocycles. The van der Waals surface area contributed by atoms with Crippen molar-refractivity contribution in [3.8, 4) is 0 Å². The van der Waals surface area contributed by atoms with Crippen molar-refractivity contribution in [2.75, 3.05) is 98.8 Å². The van der Waals surface area contributed by atoms with Gasteiger partial charge in [0.05, 0.1) is 76.1 Å². The summed E-state index contributed by atoms with van der Waals surface area (Å²) in [7, 11) is 0. The minimum atomic E-state index is -1.10. The lowest BCUT2D eigenvalue weighted by atomic mass is 9.81. The Kier molecular flexibility index (Phi) is 53.8. The number of aliphatic carboxylic acids is 1. The first-order valence-corrected chi connectivity index (χ1v) is 43.1. The Morgan fingerprint density at radius 1 is 0.339 bits per heavy atom. The molecular formula is C84H148N8O23. The molecule has 31 nitrogen and oxygen atoms in total. The molecule has 16 atom stereocenters. The lowest BCUT2D eigenvalue weighted by Crippen LogP contribution is -2.58. The fraction of sp³-hybridized carbons (Fsp3) is 0.857. The number of carboxylic acid groups (broad SMARTS) is 1. The number of rotatable bonds is 65. The number of esters is 1. The van der Waals surface area contributed by atoms with E-state index < -0.39 is 48.4 Å². The van der Waals surface area contributed by atoms with Crippen LogP contribution in [0.5, 0.6) is 0 Å². The Morgan fingerprint density at radius 3 is 1.02 bits per heavy atom. The standard InChI is InChI=1S/C84H148N8O23/c1-13-69-57(3)60(6)78(90-63(9)93)81(113-69)109-46-27-23-34-72(99)85-41-26-22-32-67(97)38-49-106-54-84(52-68(98)33-20-18-16-15-17-19-21-37-77(104)105,55-107-50-39-75(102)88-44-30-42-86-73(100)35-24-28-47-110-82-79(91-64(10)94)61(7)58(4)70(14-2)114-82)56-108-51-40-76(103)89-45-31-43-87-74(101)36-25-29-48-111-83-80(92-65(11)95)62(8)59(5)71(115-83)53-112-66(12)96/h57-62,69-71,78-83H,13-56H2,1-12H3,(H,85,99)(H,86,100)(H,87,101)(H,88,102)(H,89,103)(H,90,93)(H,91,94)(H,92,95)(H,104,105)/t57-,58-,59-,60-,61-,62-,69?,70?,71?,78?,79?,80?,81+,82+,83+,84?/m0/s1. The fourth-order valence-corrected chi connectivity index (χ4v) is 14.7. The van der Waals surface area contributed by atoms with Gasteiger partial charge in [0.2, 0.25) is 47.3 Å². The van der Waals surface area contributed by atoms with Gasteiger partial charge >= 0.3 is 11.9 Å². The Labute approximate surface area is 684 Å². The SMILES string of the molecule is CCC1O[C@@H](OCCCCC(=O)NCCCCC(=O)CCOCC(COCCC(=O)NCCCNC(=O)CCCCO[C@@H]2OC(CC)[C@@H](C)[C@H](C)C2NC(C)=O)(COCCC(=O)NCCCNC(=O)CCCCO[C@@H]2OC(COC(C)=O)[C@@H](C)[C@H](C)C2NC(C)=O)CC(=O)CCCCCCCCCC(=O)O)C(NC(C)=O)[C@@H](C)[C@@H]1C. The van der Waals surface area contributed by atoms with Crippen LogP contribution in [0.2, 0.25) is 0 Å². The minimum absolute atomic E-state index is 0.0144. The zero-order chi connectivity index (χ0) is 84.9. The summed E-state index contributed by atoms with van der Waals surface area (Å²) in [6.07, 6.45) is 12.0. The van der Waals surface area contributed by atoms with Gasteiger partial charge in [-0.2, -0.15) is 0 Å². The molecule has 8 amide bonds. The number of carboxylic acids is 1. The quantitative estimate of drug-likeness (QED) is 0.0204. The van der Waals surface area contributed by atoms with Crippen molar-refractivity contribution in [3.05, 3.63) is 0 Å². The van der Waals surface area contributed by atoms with Gasteiger partial charge in [0.15, 0.2) is 18.9 Å². The monoisotopic (exact) mass is 1640 g/mol. The van der Waals surface area contributed by atoms with Gasteiger partial charge in [0, 0.05) is 150 Å². The summed E-state index contributed by atoms with van der Waals surface area (Å²) < 4.78 is 60.8. The zero-order valence-corrected chi connectivity index (χ0v) is 71.7. The molecule has 3 aliphatic rings. The predicted octanol–water partition coefficient (Wildman–Crippen LogP) is 8.30. The van der Waals surface area contributed by atoms with Gasteiger partial charge in [-0.1, -0.05) is 87.5 Å². The van der Waals surface area contributed by atoms with Crippen LogP contribution in [0.4, 0.5) is 0 Å². The van der Waals surface area contributed by atoms with E-state index >= 15 is 0 Å². The van der Waals surface area contributed by atoms with Gasteiger partial charge in [-0.3, -0.25) is 57.5 Å². The number of nitrogens with one attached hydrogen (secondary N) is 8. The third kappa shape index (κ3) is 44.9.